The van der Waals surface area contributed by atoms with Crippen molar-refractivity contribution in [1.82, 2.24) is 4.90 Å². The number of nitrogens with zero attached hydrogens (tertiary/aromatic N) is 1. The largest absolute Gasteiger partial charge is 0.517 e. The first-order chi connectivity index (χ1) is 4.31. The van der Waals surface area contributed by atoms with Crippen LogP contribution >= 0.6 is 0 Å². The molecule has 0 saturated heterocycles. The summed E-state index contributed by atoms with van der Waals surface area (Å²) in [5.41, 5.74) is 0. The predicted molar refractivity (Wildman–Crippen MR) is 36.1 cm³/mol. The molecule has 4 heteroatoms. The fourth-order valence-corrected chi connectivity index (χ4v) is 0.880. The van der Waals surface area contributed by atoms with Crippen LogP contribution in [-0.2, 0) is 9.22 Å². The van der Waals surface area contributed by atoms with Crippen molar-refractivity contribution in [3.8, 4) is 0 Å². The Morgan fingerprint density at radius 2 is 2.44 bits per heavy atom. The predicted octanol–water partition coefficient (Wildman–Crippen LogP) is -0.312. The van der Waals surface area contributed by atoms with Gasteiger partial charge in [-0.2, -0.15) is 0 Å². The van der Waals surface area contributed by atoms with Crippen molar-refractivity contribution in [2.24, 2.45) is 0 Å². The Kier molecular flexibility index (Phi) is 5.55. The van der Waals surface area contributed by atoms with E-state index in [2.05, 4.69) is 16.2 Å². The zero-order valence-corrected chi connectivity index (χ0v) is 6.76. The minimum Gasteiger partial charge on any atom is -0.517 e. The summed E-state index contributed by atoms with van der Waals surface area (Å²) in [7, 11) is 2.26. The van der Waals surface area contributed by atoms with Gasteiger partial charge in [0.05, 0.1) is 0 Å². The maximum absolute atomic E-state index is 9.64. The molecule has 0 aromatic heterocycles. The second-order valence-electron chi connectivity index (χ2n) is 1.69. The first kappa shape index (κ1) is 8.65. The zero-order valence-electron chi connectivity index (χ0n) is 5.76. The van der Waals surface area contributed by atoms with Gasteiger partial charge in [-0.05, 0) is 13.6 Å². The summed E-state index contributed by atoms with van der Waals surface area (Å²) in [6.45, 7) is 3.54. The van der Waals surface area contributed by atoms with E-state index < -0.39 is 0 Å². The van der Waals surface area contributed by atoms with Gasteiger partial charge in [-0.25, -0.2) is 0 Å². The molecule has 0 aliphatic rings. The molecule has 0 aliphatic carbocycles. The molecule has 0 aliphatic heterocycles. The Labute approximate surface area is 57.9 Å². The second kappa shape index (κ2) is 5.78. The quantitative estimate of drug-likeness (QED) is 0.302. The van der Waals surface area contributed by atoms with Crippen LogP contribution in [0.2, 0.25) is 0 Å². The maximum Gasteiger partial charge on any atom is 0.330 e. The van der Waals surface area contributed by atoms with Gasteiger partial charge in [-0.15, -0.1) is 0 Å². The van der Waals surface area contributed by atoms with E-state index in [9.17, 15) is 4.79 Å². The number of rotatable bonds is 5. The Hall–Kier alpha value is -0.353. The summed E-state index contributed by atoms with van der Waals surface area (Å²) in [5, 5.41) is 0. The van der Waals surface area contributed by atoms with E-state index in [4.69, 9.17) is 0 Å². The topological polar surface area (TPSA) is 29.5 Å². The number of carbonyl (C=O) groups is 1. The first-order valence-electron chi connectivity index (χ1n) is 2.82. The average Bonchev–Trinajstić information content (AvgIpc) is 1.89. The van der Waals surface area contributed by atoms with Crippen LogP contribution in [0.4, 0.5) is 0 Å². The highest BCUT2D eigenvalue weighted by Crippen LogP contribution is 1.76. The molecule has 9 heavy (non-hydrogen) atoms. The monoisotopic (exact) mass is 145 g/mol. The van der Waals surface area contributed by atoms with Gasteiger partial charge in [0, 0.05) is 6.17 Å². The molecule has 0 rings (SSSR count). The highest BCUT2D eigenvalue weighted by molar-refractivity contribution is 6.29. The summed E-state index contributed by atoms with van der Waals surface area (Å²) in [6, 6.07) is 0. The molecule has 0 fully saturated rings. The van der Waals surface area contributed by atoms with Crippen molar-refractivity contribution < 1.29 is 9.22 Å². The highest BCUT2D eigenvalue weighted by atomic mass is 28.2. The van der Waals surface area contributed by atoms with Crippen LogP contribution in [0.25, 0.3) is 0 Å². The summed E-state index contributed by atoms with van der Waals surface area (Å²) < 4.78 is 4.51. The van der Waals surface area contributed by atoms with Gasteiger partial charge >= 0.3 is 9.76 Å². The normalized spacial score (nSPS) is 9.67. The van der Waals surface area contributed by atoms with Crippen molar-refractivity contribution in [2.45, 2.75) is 6.92 Å². The molecule has 52 valence electrons. The molecular weight excluding hydrogens is 134 g/mol. The van der Waals surface area contributed by atoms with Crippen LogP contribution < -0.4 is 0 Å². The van der Waals surface area contributed by atoms with Gasteiger partial charge in [-0.3, -0.25) is 4.79 Å². The van der Waals surface area contributed by atoms with E-state index in [-0.39, 0.29) is 9.76 Å². The van der Waals surface area contributed by atoms with Crippen LogP contribution in [0.15, 0.2) is 0 Å². The summed E-state index contributed by atoms with van der Waals surface area (Å²) in [4.78, 5) is 11.7. The minimum absolute atomic E-state index is 0.277. The molecule has 0 bridgehead atoms. The summed E-state index contributed by atoms with van der Waals surface area (Å²) in [5.74, 6) is 0. The summed E-state index contributed by atoms with van der Waals surface area (Å²) in [6.07, 6.45) is 0.842. The molecule has 0 heterocycles. The Balaban J connectivity index is 2.96. The lowest BCUT2D eigenvalue weighted by Gasteiger charge is -2.09. The van der Waals surface area contributed by atoms with Crippen molar-refractivity contribution in [2.75, 3.05) is 19.8 Å². The molecule has 0 unspecified atom stereocenters. The average molecular weight is 145 g/mol. The third-order valence-electron chi connectivity index (χ3n) is 1.01. The number of hydrogen-bond acceptors (Lipinski definition) is 3. The number of hydrogen-bond donors (Lipinski definition) is 0. The van der Waals surface area contributed by atoms with Gasteiger partial charge in [0.15, 0.2) is 0 Å². The van der Waals surface area contributed by atoms with E-state index in [1.165, 1.54) is 0 Å². The lowest BCUT2D eigenvalue weighted by molar-refractivity contribution is -0.120. The molecule has 0 spiro atoms. The Morgan fingerprint density at radius 1 is 1.78 bits per heavy atom. The molecule has 0 saturated carbocycles. The van der Waals surface area contributed by atoms with Crippen molar-refractivity contribution in [3.05, 3.63) is 0 Å². The van der Waals surface area contributed by atoms with E-state index >= 15 is 0 Å². The molecule has 0 aromatic rings. The fourth-order valence-electron chi connectivity index (χ4n) is 0.293. The third kappa shape index (κ3) is 5.52. The molecule has 3 nitrogen and oxygen atoms in total. The molecule has 2 radical (unpaired) electrons. The zero-order chi connectivity index (χ0) is 7.11. The van der Waals surface area contributed by atoms with Crippen LogP contribution in [0, 0.1) is 0 Å². The smallest absolute Gasteiger partial charge is 0.330 e. The number of carbonyl (C=O) groups excluding carboxylic acids is 1. The molecule has 0 atom stereocenters. The van der Waals surface area contributed by atoms with Crippen molar-refractivity contribution in [1.29, 1.82) is 0 Å². The highest BCUT2D eigenvalue weighted by Gasteiger charge is 1.95. The van der Waals surface area contributed by atoms with Crippen molar-refractivity contribution >= 4 is 16.2 Å². The van der Waals surface area contributed by atoms with E-state index in [1.54, 1.807) is 0 Å². The summed E-state index contributed by atoms with van der Waals surface area (Å²) >= 11 is 0. The Morgan fingerprint density at radius 3 is 2.89 bits per heavy atom. The second-order valence-corrected chi connectivity index (χ2v) is 2.53. The van der Waals surface area contributed by atoms with E-state index in [0.717, 1.165) is 12.7 Å². The van der Waals surface area contributed by atoms with Crippen LogP contribution in [0.3, 0.4) is 0 Å². The van der Waals surface area contributed by atoms with Gasteiger partial charge < -0.3 is 9.33 Å². The molecule has 0 aromatic carbocycles. The van der Waals surface area contributed by atoms with E-state index in [1.807, 2.05) is 7.05 Å². The van der Waals surface area contributed by atoms with Gasteiger partial charge in [0.1, 0.15) is 0 Å². The van der Waals surface area contributed by atoms with Gasteiger partial charge in [0.25, 0.3) is 6.47 Å². The fraction of sp³-hybridized carbons (Fsp3) is 0.800. The van der Waals surface area contributed by atoms with Crippen LogP contribution in [0.1, 0.15) is 6.92 Å². The van der Waals surface area contributed by atoms with Gasteiger partial charge in [0.2, 0.25) is 0 Å². The molecule has 0 amide bonds. The SMILES string of the molecule is CCN(C)C[Si]OC=O. The van der Waals surface area contributed by atoms with E-state index in [0.29, 0.717) is 6.47 Å². The van der Waals surface area contributed by atoms with Crippen molar-refractivity contribution in [3.63, 3.8) is 0 Å². The third-order valence-corrected chi connectivity index (χ3v) is 1.94. The minimum atomic E-state index is 0.277. The Bertz CT molecular complexity index is 79.4. The lowest BCUT2D eigenvalue weighted by atomic mass is 10.7. The molecular formula is C5H11NO2Si. The maximum atomic E-state index is 9.64. The van der Waals surface area contributed by atoms with Crippen LogP contribution in [0.5, 0.6) is 0 Å². The first-order valence-corrected chi connectivity index (χ1v) is 3.93. The van der Waals surface area contributed by atoms with Gasteiger partial charge in [-0.1, -0.05) is 6.92 Å². The standard InChI is InChI=1S/C5H11NO2Si/c1-3-6(2)4-9-8-5-7/h5H,3-4H2,1-2H3. The van der Waals surface area contributed by atoms with Crippen LogP contribution in [-0.4, -0.2) is 40.9 Å². The molecule has 0 N–H and O–H groups in total. The lowest BCUT2D eigenvalue weighted by Crippen LogP contribution is -2.24.